The van der Waals surface area contributed by atoms with Crippen molar-refractivity contribution in [2.45, 2.75) is 26.7 Å². The van der Waals surface area contributed by atoms with E-state index in [0.717, 1.165) is 38.9 Å². The highest BCUT2D eigenvalue weighted by Crippen LogP contribution is 2.43. The predicted octanol–water partition coefficient (Wildman–Crippen LogP) is 6.02. The summed E-state index contributed by atoms with van der Waals surface area (Å²) in [6.45, 7) is 5.83. The van der Waals surface area contributed by atoms with E-state index in [9.17, 15) is 9.59 Å². The lowest BCUT2D eigenvalue weighted by molar-refractivity contribution is -0.162. The van der Waals surface area contributed by atoms with E-state index in [1.807, 2.05) is 85.8 Å². The van der Waals surface area contributed by atoms with Gasteiger partial charge in [-0.2, -0.15) is 0 Å². The van der Waals surface area contributed by atoms with Crippen LogP contribution in [0, 0.1) is 12.8 Å². The molecule has 34 heavy (non-hydrogen) atoms. The number of aryl methyl sites for hydroxylation is 1. The molecule has 0 aliphatic rings. The highest BCUT2D eigenvalue weighted by molar-refractivity contribution is 6.00. The first-order chi connectivity index (χ1) is 16.5. The van der Waals surface area contributed by atoms with Crippen LogP contribution in [0.5, 0.6) is 0 Å². The number of esters is 2. The molecule has 4 aromatic rings. The van der Waals surface area contributed by atoms with Gasteiger partial charge in [0.15, 0.2) is 5.92 Å². The van der Waals surface area contributed by atoms with Crippen molar-refractivity contribution in [1.29, 1.82) is 0 Å². The first kappa shape index (κ1) is 23.3. The molecular formula is C29H29NO4. The number of carbonyl (C=O) groups excluding carboxylic acids is 2. The van der Waals surface area contributed by atoms with Gasteiger partial charge in [-0.1, -0.05) is 78.4 Å². The van der Waals surface area contributed by atoms with Crippen molar-refractivity contribution in [1.82, 2.24) is 4.98 Å². The number of fused-ring (bicyclic) bond motifs is 1. The van der Waals surface area contributed by atoms with E-state index in [1.54, 1.807) is 13.8 Å². The standard InChI is InChI=1S/C29H29NO4/c1-4-33-28(31)26(29(32)34-5-2)24(21-15-11-12-19(3)18-21)25-22-16-9-10-17-23(22)30-27(25)20-13-7-6-8-14-20/h6-18,24,26,30H,4-5H2,1-3H3. The van der Waals surface area contributed by atoms with Crippen molar-refractivity contribution >= 4 is 22.8 Å². The Bertz CT molecular complexity index is 1270. The largest absolute Gasteiger partial charge is 0.465 e. The van der Waals surface area contributed by atoms with E-state index < -0.39 is 23.8 Å². The molecule has 0 amide bonds. The maximum atomic E-state index is 13.3. The van der Waals surface area contributed by atoms with Crippen LogP contribution in [0.15, 0.2) is 78.9 Å². The second kappa shape index (κ2) is 10.4. The Hall–Kier alpha value is -3.86. The average molecular weight is 456 g/mol. The van der Waals surface area contributed by atoms with Crippen molar-refractivity contribution < 1.29 is 19.1 Å². The Labute approximate surface area is 199 Å². The number of nitrogens with one attached hydrogen (secondary N) is 1. The van der Waals surface area contributed by atoms with Gasteiger partial charge >= 0.3 is 11.9 Å². The van der Waals surface area contributed by atoms with E-state index in [1.165, 1.54) is 0 Å². The fourth-order valence-corrected chi connectivity index (χ4v) is 4.54. The van der Waals surface area contributed by atoms with Crippen molar-refractivity contribution in [3.8, 4) is 11.3 Å². The number of aromatic nitrogens is 1. The quantitative estimate of drug-likeness (QED) is 0.261. The SMILES string of the molecule is CCOC(=O)C(C(=O)OCC)C(c1cccc(C)c1)c1c(-c2ccccc2)[nH]c2ccccc12. The van der Waals surface area contributed by atoms with Crippen LogP contribution in [-0.4, -0.2) is 30.1 Å². The van der Waals surface area contributed by atoms with Gasteiger partial charge in [-0.15, -0.1) is 0 Å². The summed E-state index contributed by atoms with van der Waals surface area (Å²) in [5, 5.41) is 0.950. The highest BCUT2D eigenvalue weighted by atomic mass is 16.6. The number of benzene rings is 3. The molecule has 0 spiro atoms. The molecule has 1 heterocycles. The summed E-state index contributed by atoms with van der Waals surface area (Å²) < 4.78 is 10.8. The zero-order valence-electron chi connectivity index (χ0n) is 19.7. The van der Waals surface area contributed by atoms with Crippen molar-refractivity contribution in [2.75, 3.05) is 13.2 Å². The van der Waals surface area contributed by atoms with Gasteiger partial charge in [0.2, 0.25) is 0 Å². The molecule has 3 aromatic carbocycles. The van der Waals surface area contributed by atoms with Crippen LogP contribution in [0.2, 0.25) is 0 Å². The van der Waals surface area contributed by atoms with Gasteiger partial charge in [0.25, 0.3) is 0 Å². The van der Waals surface area contributed by atoms with Gasteiger partial charge < -0.3 is 14.5 Å². The molecule has 0 radical (unpaired) electrons. The molecule has 1 unspecified atom stereocenters. The number of hydrogen-bond donors (Lipinski definition) is 1. The number of carbonyl (C=O) groups is 2. The summed E-state index contributed by atoms with van der Waals surface area (Å²) in [5.74, 6) is -2.93. The van der Waals surface area contributed by atoms with Gasteiger partial charge in [0.1, 0.15) is 0 Å². The Morgan fingerprint density at radius 2 is 1.47 bits per heavy atom. The number of H-pyrrole nitrogens is 1. The lowest BCUT2D eigenvalue weighted by atomic mass is 9.78. The molecule has 0 saturated carbocycles. The molecular weight excluding hydrogens is 426 g/mol. The number of aromatic amines is 1. The zero-order chi connectivity index (χ0) is 24.1. The maximum Gasteiger partial charge on any atom is 0.321 e. The molecule has 174 valence electrons. The lowest BCUT2D eigenvalue weighted by Gasteiger charge is -2.26. The van der Waals surface area contributed by atoms with Gasteiger partial charge in [-0.3, -0.25) is 9.59 Å². The molecule has 1 N–H and O–H groups in total. The summed E-state index contributed by atoms with van der Waals surface area (Å²) in [5.41, 5.74) is 5.53. The van der Waals surface area contributed by atoms with Crippen LogP contribution in [0.4, 0.5) is 0 Å². The summed E-state index contributed by atoms with van der Waals surface area (Å²) >= 11 is 0. The molecule has 5 heteroatoms. The summed E-state index contributed by atoms with van der Waals surface area (Å²) in [6.07, 6.45) is 0. The fraction of sp³-hybridized carbons (Fsp3) is 0.241. The van der Waals surface area contributed by atoms with E-state index in [4.69, 9.17) is 9.47 Å². The highest BCUT2D eigenvalue weighted by Gasteiger charge is 2.41. The van der Waals surface area contributed by atoms with Crippen LogP contribution < -0.4 is 0 Å². The fourth-order valence-electron chi connectivity index (χ4n) is 4.54. The van der Waals surface area contributed by atoms with E-state index in [-0.39, 0.29) is 13.2 Å². The number of ether oxygens (including phenoxy) is 2. The first-order valence-electron chi connectivity index (χ1n) is 11.6. The van der Waals surface area contributed by atoms with Gasteiger partial charge in [0, 0.05) is 16.8 Å². The van der Waals surface area contributed by atoms with Crippen molar-refractivity contribution in [3.05, 3.63) is 95.6 Å². The number of rotatable bonds is 8. The first-order valence-corrected chi connectivity index (χ1v) is 11.6. The molecule has 1 atom stereocenters. The van der Waals surface area contributed by atoms with Crippen LogP contribution in [0.1, 0.15) is 36.5 Å². The lowest BCUT2D eigenvalue weighted by Crippen LogP contribution is -2.34. The minimum absolute atomic E-state index is 0.175. The average Bonchev–Trinajstić information content (AvgIpc) is 3.22. The Morgan fingerprint density at radius 3 is 2.12 bits per heavy atom. The predicted molar refractivity (Wildman–Crippen MR) is 134 cm³/mol. The van der Waals surface area contributed by atoms with Crippen molar-refractivity contribution in [3.63, 3.8) is 0 Å². The smallest absolute Gasteiger partial charge is 0.321 e. The maximum absolute atomic E-state index is 13.3. The van der Waals surface area contributed by atoms with E-state index in [0.29, 0.717) is 0 Å². The molecule has 4 rings (SSSR count). The summed E-state index contributed by atoms with van der Waals surface area (Å²) in [7, 11) is 0. The van der Waals surface area contributed by atoms with Crippen LogP contribution >= 0.6 is 0 Å². The van der Waals surface area contributed by atoms with Gasteiger partial charge in [-0.05, 0) is 43.5 Å². The van der Waals surface area contributed by atoms with Crippen molar-refractivity contribution in [2.24, 2.45) is 5.92 Å². The van der Waals surface area contributed by atoms with E-state index >= 15 is 0 Å². The molecule has 0 aliphatic carbocycles. The van der Waals surface area contributed by atoms with Gasteiger partial charge in [-0.25, -0.2) is 0 Å². The zero-order valence-corrected chi connectivity index (χ0v) is 19.7. The molecule has 0 fully saturated rings. The summed E-state index contributed by atoms with van der Waals surface area (Å²) in [6, 6.07) is 25.8. The molecule has 0 aliphatic heterocycles. The van der Waals surface area contributed by atoms with E-state index in [2.05, 4.69) is 4.98 Å². The number of para-hydroxylation sites is 1. The minimum Gasteiger partial charge on any atom is -0.465 e. The monoisotopic (exact) mass is 455 g/mol. The second-order valence-corrected chi connectivity index (χ2v) is 8.20. The topological polar surface area (TPSA) is 68.4 Å². The number of hydrogen-bond acceptors (Lipinski definition) is 4. The Morgan fingerprint density at radius 1 is 0.824 bits per heavy atom. The third-order valence-corrected chi connectivity index (χ3v) is 5.94. The van der Waals surface area contributed by atoms with Crippen LogP contribution in [-0.2, 0) is 19.1 Å². The van der Waals surface area contributed by atoms with Crippen LogP contribution in [0.3, 0.4) is 0 Å². The normalized spacial score (nSPS) is 12.0. The third-order valence-electron chi connectivity index (χ3n) is 5.94. The molecule has 0 bridgehead atoms. The molecule has 0 saturated heterocycles. The minimum atomic E-state index is -1.15. The summed E-state index contributed by atoms with van der Waals surface area (Å²) in [4.78, 5) is 30.1. The Balaban J connectivity index is 2.05. The third kappa shape index (κ3) is 4.60. The molecule has 1 aromatic heterocycles. The van der Waals surface area contributed by atoms with Crippen LogP contribution in [0.25, 0.3) is 22.2 Å². The molecule has 5 nitrogen and oxygen atoms in total. The van der Waals surface area contributed by atoms with Gasteiger partial charge in [0.05, 0.1) is 18.9 Å². The Kier molecular flexibility index (Phi) is 7.12. The second-order valence-electron chi connectivity index (χ2n) is 8.20.